The van der Waals surface area contributed by atoms with Crippen LogP contribution in [0.3, 0.4) is 0 Å². The lowest BCUT2D eigenvalue weighted by molar-refractivity contribution is -0.136. The van der Waals surface area contributed by atoms with Crippen molar-refractivity contribution < 1.29 is 22.1 Å². The van der Waals surface area contributed by atoms with Crippen LogP contribution in [0.15, 0.2) is 30.5 Å². The molecule has 0 aliphatic carbocycles. The number of aromatic nitrogens is 1. The Morgan fingerprint density at radius 1 is 1.32 bits per heavy atom. The summed E-state index contributed by atoms with van der Waals surface area (Å²) in [5.74, 6) is -0.497. The monoisotopic (exact) mass is 393 g/mol. The first-order valence-electron chi connectivity index (χ1n) is 5.09. The van der Waals surface area contributed by atoms with E-state index in [0.29, 0.717) is 14.8 Å². The average molecular weight is 393 g/mol. The van der Waals surface area contributed by atoms with Crippen LogP contribution in [0.5, 0.6) is 5.75 Å². The quantitative estimate of drug-likeness (QED) is 0.365. The van der Waals surface area contributed by atoms with Crippen molar-refractivity contribution in [1.29, 1.82) is 0 Å². The van der Waals surface area contributed by atoms with Gasteiger partial charge in [0.15, 0.2) is 12.4 Å². The zero-order valence-electron chi connectivity index (χ0n) is 9.41. The number of halogens is 1. The van der Waals surface area contributed by atoms with E-state index in [4.69, 9.17) is 4.74 Å². The molecule has 0 aliphatic rings. The molecule has 0 amide bonds. The highest BCUT2D eigenvalue weighted by Crippen LogP contribution is 2.29. The molecule has 0 atom stereocenters. The summed E-state index contributed by atoms with van der Waals surface area (Å²) in [6.07, 6.45) is 1.58. The Labute approximate surface area is 124 Å². The number of thiol groups is 1. The summed E-state index contributed by atoms with van der Waals surface area (Å²) in [4.78, 5) is 15.6. The molecule has 0 fully saturated rings. The SMILES string of the molecule is O=C(CO[SH](=O)=O)Oc1c(I)ccc2cccnc12. The number of esters is 1. The zero-order valence-corrected chi connectivity index (χ0v) is 12.5. The molecule has 2 rings (SSSR count). The Bertz CT molecular complexity index is 693. The molecule has 1 aromatic carbocycles. The molecule has 0 saturated heterocycles. The van der Waals surface area contributed by atoms with Crippen LogP contribution in [0, 0.1) is 3.57 Å². The number of carbonyl (C=O) groups is 1. The fourth-order valence-corrected chi connectivity index (χ4v) is 2.20. The van der Waals surface area contributed by atoms with E-state index in [2.05, 4.69) is 9.17 Å². The molecule has 0 N–H and O–H groups in total. The second-order valence-electron chi connectivity index (χ2n) is 3.42. The number of rotatable bonds is 4. The molecule has 1 aromatic heterocycles. The number of carbonyl (C=O) groups excluding carboxylic acids is 1. The highest BCUT2D eigenvalue weighted by atomic mass is 127. The van der Waals surface area contributed by atoms with Crippen molar-refractivity contribution in [3.63, 3.8) is 0 Å². The number of ether oxygens (including phenoxy) is 1. The van der Waals surface area contributed by atoms with Crippen LogP contribution in [0.1, 0.15) is 0 Å². The van der Waals surface area contributed by atoms with Gasteiger partial charge in [-0.15, -0.1) is 0 Å². The van der Waals surface area contributed by atoms with Crippen molar-refractivity contribution in [3.8, 4) is 5.75 Å². The molecule has 0 spiro atoms. The molecule has 0 bridgehead atoms. The average Bonchev–Trinajstić information content (AvgIpc) is 2.40. The normalized spacial score (nSPS) is 10.8. The number of pyridine rings is 1. The maximum absolute atomic E-state index is 11.5. The second-order valence-corrected chi connectivity index (χ2v) is 5.29. The maximum atomic E-state index is 11.5. The molecular weight excluding hydrogens is 385 g/mol. The number of fused-ring (bicyclic) bond motifs is 1. The van der Waals surface area contributed by atoms with Crippen LogP contribution in [-0.2, 0) is 20.0 Å². The summed E-state index contributed by atoms with van der Waals surface area (Å²) in [5, 5.41) is 0.821. The highest BCUT2D eigenvalue weighted by molar-refractivity contribution is 14.1. The lowest BCUT2D eigenvalue weighted by Gasteiger charge is -2.08. The Balaban J connectivity index is 2.29. The van der Waals surface area contributed by atoms with Crippen LogP contribution in [0.25, 0.3) is 10.9 Å². The molecule has 19 heavy (non-hydrogen) atoms. The van der Waals surface area contributed by atoms with Gasteiger partial charge in [-0.05, 0) is 34.7 Å². The third-order valence-corrected chi connectivity index (χ3v) is 3.37. The molecule has 6 nitrogen and oxygen atoms in total. The number of hydrogen-bond acceptors (Lipinski definition) is 6. The molecule has 8 heteroatoms. The van der Waals surface area contributed by atoms with Crippen molar-refractivity contribution >= 4 is 50.4 Å². The first-order valence-corrected chi connectivity index (χ1v) is 7.26. The summed E-state index contributed by atoms with van der Waals surface area (Å²) in [6.45, 7) is -0.655. The van der Waals surface area contributed by atoms with Crippen LogP contribution in [0.2, 0.25) is 0 Å². The van der Waals surface area contributed by atoms with Gasteiger partial charge in [0.05, 0.1) is 3.57 Å². The van der Waals surface area contributed by atoms with Crippen LogP contribution in [-0.4, -0.2) is 26.0 Å². The molecule has 0 unspecified atom stereocenters. The van der Waals surface area contributed by atoms with Gasteiger partial charge in [-0.2, -0.15) is 0 Å². The minimum atomic E-state index is -3.07. The van der Waals surface area contributed by atoms with E-state index in [-0.39, 0.29) is 0 Å². The predicted molar refractivity (Wildman–Crippen MR) is 76.4 cm³/mol. The van der Waals surface area contributed by atoms with Gasteiger partial charge in [0, 0.05) is 11.6 Å². The van der Waals surface area contributed by atoms with E-state index in [0.717, 1.165) is 5.39 Å². The summed E-state index contributed by atoms with van der Waals surface area (Å²) in [6, 6.07) is 7.24. The standard InChI is InChI=1S/C11H8INO5S/c12-8-4-3-7-2-1-5-13-10(7)11(8)18-9(14)6-17-19(15)16/h1-5,19H,6H2. The van der Waals surface area contributed by atoms with Crippen molar-refractivity contribution in [1.82, 2.24) is 4.98 Å². The molecule has 1 heterocycles. The van der Waals surface area contributed by atoms with E-state index in [1.807, 2.05) is 34.7 Å². The van der Waals surface area contributed by atoms with Gasteiger partial charge in [-0.1, -0.05) is 12.1 Å². The Kier molecular flexibility index (Phi) is 4.66. The smallest absolute Gasteiger partial charge is 0.339 e. The summed E-state index contributed by atoms with van der Waals surface area (Å²) >= 11 is 2.01. The minimum Gasteiger partial charge on any atom is -0.421 e. The largest absolute Gasteiger partial charge is 0.421 e. The number of nitrogens with zero attached hydrogens (tertiary/aromatic N) is 1. The topological polar surface area (TPSA) is 82.6 Å². The number of hydrogen-bond donors (Lipinski definition) is 1. The fourth-order valence-electron chi connectivity index (χ4n) is 1.44. The van der Waals surface area contributed by atoms with E-state index in [9.17, 15) is 13.2 Å². The van der Waals surface area contributed by atoms with Gasteiger partial charge in [0.1, 0.15) is 5.52 Å². The molecule has 2 aromatic rings. The molecule has 0 radical (unpaired) electrons. The van der Waals surface area contributed by atoms with E-state index >= 15 is 0 Å². The maximum Gasteiger partial charge on any atom is 0.339 e. The zero-order chi connectivity index (χ0) is 13.8. The van der Waals surface area contributed by atoms with Gasteiger partial charge < -0.3 is 4.74 Å². The van der Waals surface area contributed by atoms with Crippen molar-refractivity contribution in [2.45, 2.75) is 0 Å². The summed E-state index contributed by atoms with van der Waals surface area (Å²) in [5.41, 5.74) is 0.536. The van der Waals surface area contributed by atoms with E-state index < -0.39 is 23.6 Å². The molecule has 0 aliphatic heterocycles. The number of benzene rings is 1. The van der Waals surface area contributed by atoms with Crippen molar-refractivity contribution in [3.05, 3.63) is 34.0 Å². The highest BCUT2D eigenvalue weighted by Gasteiger charge is 2.13. The third-order valence-electron chi connectivity index (χ3n) is 2.18. The first-order chi connectivity index (χ1) is 9.08. The van der Waals surface area contributed by atoms with Gasteiger partial charge in [0.2, 0.25) is 0 Å². The fraction of sp³-hybridized carbons (Fsp3) is 0.0909. The molecule has 100 valence electrons. The van der Waals surface area contributed by atoms with Gasteiger partial charge in [0.25, 0.3) is 11.0 Å². The second kappa shape index (κ2) is 6.26. The Hall–Kier alpha value is -1.26. The Morgan fingerprint density at radius 2 is 2.11 bits per heavy atom. The van der Waals surface area contributed by atoms with Gasteiger partial charge >= 0.3 is 5.97 Å². The summed E-state index contributed by atoms with van der Waals surface area (Å²) in [7, 11) is -3.07. The molecular formula is C11H8INO5S. The molecule has 0 saturated carbocycles. The van der Waals surface area contributed by atoms with E-state index in [1.54, 1.807) is 18.3 Å². The van der Waals surface area contributed by atoms with E-state index in [1.165, 1.54) is 0 Å². The predicted octanol–water partition coefficient (Wildman–Crippen LogP) is 1.29. The van der Waals surface area contributed by atoms with Crippen molar-refractivity contribution in [2.75, 3.05) is 6.61 Å². The van der Waals surface area contributed by atoms with Crippen LogP contribution < -0.4 is 4.74 Å². The van der Waals surface area contributed by atoms with Crippen molar-refractivity contribution in [2.24, 2.45) is 0 Å². The third kappa shape index (κ3) is 3.61. The lowest BCUT2D eigenvalue weighted by atomic mass is 10.2. The minimum absolute atomic E-state index is 0.299. The van der Waals surface area contributed by atoms with Gasteiger partial charge in [-0.3, -0.25) is 9.17 Å². The summed E-state index contributed by atoms with van der Waals surface area (Å²) < 4.78 is 30.4. The van der Waals surface area contributed by atoms with Crippen LogP contribution in [0.4, 0.5) is 0 Å². The lowest BCUT2D eigenvalue weighted by Crippen LogP contribution is -2.16. The van der Waals surface area contributed by atoms with Gasteiger partial charge in [-0.25, -0.2) is 13.2 Å². The Morgan fingerprint density at radius 3 is 2.84 bits per heavy atom. The van der Waals surface area contributed by atoms with Crippen LogP contribution >= 0.6 is 22.6 Å². The first kappa shape index (κ1) is 14.2.